The lowest BCUT2D eigenvalue weighted by atomic mass is 10.2. The summed E-state index contributed by atoms with van der Waals surface area (Å²) in [7, 11) is 1.82. The Morgan fingerprint density at radius 3 is 2.74 bits per heavy atom. The van der Waals surface area contributed by atoms with Crippen LogP contribution in [-0.4, -0.2) is 26.6 Å². The molecule has 27 heavy (non-hydrogen) atoms. The van der Waals surface area contributed by atoms with Crippen molar-refractivity contribution >= 4 is 23.6 Å². The summed E-state index contributed by atoms with van der Waals surface area (Å²) in [6, 6.07) is 10.6. The standard InChI is InChI=1S/C20H19N5O2/c1-25-14-16(13-23-25)5-6-19(26)22-12-15-3-2-4-18(11-15)24-20(27)17-7-9-21-10-8-17/h2-11,13-14H,12H2,1H3,(H,22,26)(H,24,27)/b6-5+. The number of aromatic nitrogens is 3. The van der Waals surface area contributed by atoms with Crippen LogP contribution in [0.25, 0.3) is 6.08 Å². The fraction of sp³-hybridized carbons (Fsp3) is 0.100. The number of hydrogen-bond donors (Lipinski definition) is 2. The number of pyridine rings is 1. The zero-order valence-electron chi connectivity index (χ0n) is 14.8. The van der Waals surface area contributed by atoms with Gasteiger partial charge in [-0.1, -0.05) is 12.1 Å². The number of rotatable bonds is 6. The van der Waals surface area contributed by atoms with Crippen molar-refractivity contribution in [1.82, 2.24) is 20.1 Å². The SMILES string of the molecule is Cn1cc(/C=C/C(=O)NCc2cccc(NC(=O)c3ccncc3)c2)cn1. The third-order valence-electron chi connectivity index (χ3n) is 3.75. The second kappa shape index (κ2) is 8.57. The number of carbonyl (C=O) groups excluding carboxylic acids is 2. The lowest BCUT2D eigenvalue weighted by Gasteiger charge is -2.08. The maximum atomic E-state index is 12.2. The van der Waals surface area contributed by atoms with Crippen LogP contribution in [0, 0.1) is 0 Å². The topological polar surface area (TPSA) is 88.9 Å². The molecule has 0 atom stereocenters. The highest BCUT2D eigenvalue weighted by atomic mass is 16.2. The van der Waals surface area contributed by atoms with E-state index in [1.807, 2.05) is 31.4 Å². The molecule has 0 aliphatic heterocycles. The largest absolute Gasteiger partial charge is 0.348 e. The van der Waals surface area contributed by atoms with Gasteiger partial charge < -0.3 is 10.6 Å². The number of benzene rings is 1. The minimum absolute atomic E-state index is 0.204. The van der Waals surface area contributed by atoms with Gasteiger partial charge in [0.2, 0.25) is 5.91 Å². The highest BCUT2D eigenvalue weighted by Gasteiger charge is 2.06. The normalized spacial score (nSPS) is 10.7. The third-order valence-corrected chi connectivity index (χ3v) is 3.75. The molecule has 0 unspecified atom stereocenters. The molecule has 3 aromatic rings. The van der Waals surface area contributed by atoms with Crippen LogP contribution in [0.1, 0.15) is 21.5 Å². The number of carbonyl (C=O) groups is 2. The van der Waals surface area contributed by atoms with Gasteiger partial charge in [-0.15, -0.1) is 0 Å². The lowest BCUT2D eigenvalue weighted by Crippen LogP contribution is -2.20. The average Bonchev–Trinajstić information content (AvgIpc) is 3.11. The Morgan fingerprint density at radius 1 is 1.19 bits per heavy atom. The molecule has 0 aliphatic carbocycles. The number of nitrogens with one attached hydrogen (secondary N) is 2. The van der Waals surface area contributed by atoms with Gasteiger partial charge in [-0.25, -0.2) is 0 Å². The summed E-state index contributed by atoms with van der Waals surface area (Å²) >= 11 is 0. The van der Waals surface area contributed by atoms with E-state index < -0.39 is 0 Å². The van der Waals surface area contributed by atoms with Gasteiger partial charge in [-0.3, -0.25) is 19.3 Å². The van der Waals surface area contributed by atoms with Crippen molar-refractivity contribution < 1.29 is 9.59 Å². The molecular formula is C20H19N5O2. The van der Waals surface area contributed by atoms with Gasteiger partial charge in [0.05, 0.1) is 6.20 Å². The number of nitrogens with zero attached hydrogens (tertiary/aromatic N) is 3. The van der Waals surface area contributed by atoms with E-state index in [1.54, 1.807) is 47.5 Å². The summed E-state index contributed by atoms with van der Waals surface area (Å²) in [5, 5.41) is 9.69. The zero-order valence-corrected chi connectivity index (χ0v) is 14.8. The molecule has 0 fully saturated rings. The first kappa shape index (κ1) is 18.1. The maximum absolute atomic E-state index is 12.2. The van der Waals surface area contributed by atoms with E-state index in [2.05, 4.69) is 20.7 Å². The quantitative estimate of drug-likeness (QED) is 0.660. The van der Waals surface area contributed by atoms with Crippen molar-refractivity contribution in [3.8, 4) is 0 Å². The van der Waals surface area contributed by atoms with Crippen molar-refractivity contribution in [2.75, 3.05) is 5.32 Å². The van der Waals surface area contributed by atoms with Gasteiger partial charge in [-0.05, 0) is 35.9 Å². The molecule has 3 rings (SSSR count). The second-order valence-corrected chi connectivity index (χ2v) is 5.89. The minimum atomic E-state index is -0.210. The first-order chi connectivity index (χ1) is 13.1. The van der Waals surface area contributed by atoms with E-state index in [-0.39, 0.29) is 11.8 Å². The van der Waals surface area contributed by atoms with Crippen LogP contribution in [0.4, 0.5) is 5.69 Å². The molecule has 2 heterocycles. The molecule has 2 N–H and O–H groups in total. The molecule has 0 radical (unpaired) electrons. The predicted octanol–water partition coefficient (Wildman–Crippen LogP) is 2.40. The summed E-state index contributed by atoms with van der Waals surface area (Å²) in [4.78, 5) is 28.0. The summed E-state index contributed by atoms with van der Waals surface area (Å²) in [6.07, 6.45) is 9.80. The van der Waals surface area contributed by atoms with Gasteiger partial charge in [0.1, 0.15) is 0 Å². The Bertz CT molecular complexity index is 963. The van der Waals surface area contributed by atoms with Crippen LogP contribution in [0.3, 0.4) is 0 Å². The first-order valence-electron chi connectivity index (χ1n) is 8.35. The molecule has 0 bridgehead atoms. The van der Waals surface area contributed by atoms with Crippen LogP contribution in [0.15, 0.2) is 67.3 Å². The van der Waals surface area contributed by atoms with Gasteiger partial charge in [-0.2, -0.15) is 5.10 Å². The molecule has 2 amide bonds. The van der Waals surface area contributed by atoms with E-state index in [0.29, 0.717) is 17.8 Å². The summed E-state index contributed by atoms with van der Waals surface area (Å²) in [5.74, 6) is -0.414. The van der Waals surface area contributed by atoms with Crippen LogP contribution in [0.2, 0.25) is 0 Å². The molecule has 0 spiro atoms. The van der Waals surface area contributed by atoms with E-state index in [0.717, 1.165) is 11.1 Å². The molecule has 1 aromatic carbocycles. The Kier molecular flexibility index (Phi) is 5.73. The number of aryl methyl sites for hydroxylation is 1. The number of hydrogen-bond acceptors (Lipinski definition) is 4. The zero-order chi connectivity index (χ0) is 19.1. The number of amides is 2. The Balaban J connectivity index is 1.55. The highest BCUT2D eigenvalue weighted by Crippen LogP contribution is 2.12. The maximum Gasteiger partial charge on any atom is 0.255 e. The van der Waals surface area contributed by atoms with Crippen LogP contribution in [0.5, 0.6) is 0 Å². The van der Waals surface area contributed by atoms with Crippen molar-refractivity contribution in [2.24, 2.45) is 7.05 Å². The summed E-state index contributed by atoms with van der Waals surface area (Å²) < 4.78 is 1.67. The van der Waals surface area contributed by atoms with Crippen molar-refractivity contribution in [3.05, 3.63) is 84.0 Å². The molecule has 136 valence electrons. The van der Waals surface area contributed by atoms with Gasteiger partial charge in [0.25, 0.3) is 5.91 Å². The number of anilines is 1. The molecule has 7 nitrogen and oxygen atoms in total. The Morgan fingerprint density at radius 2 is 2.00 bits per heavy atom. The second-order valence-electron chi connectivity index (χ2n) is 5.89. The monoisotopic (exact) mass is 361 g/mol. The van der Waals surface area contributed by atoms with Crippen molar-refractivity contribution in [1.29, 1.82) is 0 Å². The lowest BCUT2D eigenvalue weighted by molar-refractivity contribution is -0.116. The molecule has 0 saturated carbocycles. The van der Waals surface area contributed by atoms with E-state index in [1.165, 1.54) is 6.08 Å². The minimum Gasteiger partial charge on any atom is -0.348 e. The van der Waals surface area contributed by atoms with Gasteiger partial charge in [0, 0.05) is 55.1 Å². The van der Waals surface area contributed by atoms with E-state index >= 15 is 0 Å². The van der Waals surface area contributed by atoms with Crippen molar-refractivity contribution in [2.45, 2.75) is 6.54 Å². The fourth-order valence-electron chi connectivity index (χ4n) is 2.41. The molecule has 0 saturated heterocycles. The molecule has 0 aliphatic rings. The van der Waals surface area contributed by atoms with Gasteiger partial charge in [0.15, 0.2) is 0 Å². The molecule has 7 heteroatoms. The van der Waals surface area contributed by atoms with E-state index in [9.17, 15) is 9.59 Å². The molecule has 2 aromatic heterocycles. The first-order valence-corrected chi connectivity index (χ1v) is 8.35. The summed E-state index contributed by atoms with van der Waals surface area (Å²) in [6.45, 7) is 0.356. The molecular weight excluding hydrogens is 342 g/mol. The highest BCUT2D eigenvalue weighted by molar-refractivity contribution is 6.04. The smallest absolute Gasteiger partial charge is 0.255 e. The van der Waals surface area contributed by atoms with E-state index in [4.69, 9.17) is 0 Å². The Hall–Kier alpha value is -3.74. The summed E-state index contributed by atoms with van der Waals surface area (Å²) in [5.41, 5.74) is 2.93. The Labute approximate surface area is 156 Å². The van der Waals surface area contributed by atoms with Crippen molar-refractivity contribution in [3.63, 3.8) is 0 Å². The van der Waals surface area contributed by atoms with Crippen LogP contribution in [-0.2, 0) is 18.4 Å². The predicted molar refractivity (Wildman–Crippen MR) is 103 cm³/mol. The van der Waals surface area contributed by atoms with Crippen LogP contribution >= 0.6 is 0 Å². The fourth-order valence-corrected chi connectivity index (χ4v) is 2.41. The van der Waals surface area contributed by atoms with Gasteiger partial charge >= 0.3 is 0 Å². The van der Waals surface area contributed by atoms with Crippen LogP contribution < -0.4 is 10.6 Å². The average molecular weight is 361 g/mol. The third kappa shape index (κ3) is 5.37.